The van der Waals surface area contributed by atoms with Gasteiger partial charge < -0.3 is 29.6 Å². The van der Waals surface area contributed by atoms with E-state index in [4.69, 9.17) is 13.9 Å². The third-order valence-corrected chi connectivity index (χ3v) is 4.04. The van der Waals surface area contributed by atoms with E-state index in [0.717, 1.165) is 11.6 Å². The molecule has 1 aliphatic rings. The van der Waals surface area contributed by atoms with E-state index >= 15 is 0 Å². The van der Waals surface area contributed by atoms with E-state index < -0.39 is 17.9 Å². The normalized spacial score (nSPS) is 15.0. The third kappa shape index (κ3) is 4.64. The van der Waals surface area contributed by atoms with E-state index in [1.54, 1.807) is 12.1 Å². The molecule has 8 heteroatoms. The van der Waals surface area contributed by atoms with Crippen molar-refractivity contribution < 1.29 is 28.6 Å². The quantitative estimate of drug-likeness (QED) is 0.704. The maximum Gasteiger partial charge on any atom is 0.287 e. The number of furan rings is 1. The molecule has 3 N–H and O–H groups in total. The van der Waals surface area contributed by atoms with E-state index in [-0.39, 0.29) is 29.9 Å². The lowest BCUT2D eigenvalue weighted by molar-refractivity contribution is -0.122. The van der Waals surface area contributed by atoms with Gasteiger partial charge in [-0.3, -0.25) is 9.59 Å². The smallest absolute Gasteiger partial charge is 0.287 e. The minimum Gasteiger partial charge on any atom is -0.503 e. The molecule has 0 spiro atoms. The molecule has 0 saturated carbocycles. The molecule has 1 atom stereocenters. The van der Waals surface area contributed by atoms with Crippen LogP contribution in [0.3, 0.4) is 0 Å². The monoisotopic (exact) mass is 386 g/mol. The van der Waals surface area contributed by atoms with Crippen molar-refractivity contribution in [2.75, 3.05) is 6.79 Å². The average Bonchev–Trinajstić information content (AvgIpc) is 3.00. The van der Waals surface area contributed by atoms with Crippen LogP contribution in [-0.2, 0) is 14.3 Å². The zero-order valence-electron chi connectivity index (χ0n) is 15.6. The molecule has 1 aliphatic heterocycles. The number of aliphatic hydroxyl groups excluding tert-OH is 1. The van der Waals surface area contributed by atoms with Gasteiger partial charge in [0.05, 0.1) is 0 Å². The second-order valence-electron chi connectivity index (χ2n) is 6.78. The molecule has 0 aliphatic carbocycles. The van der Waals surface area contributed by atoms with Gasteiger partial charge in [0, 0.05) is 5.39 Å². The Balaban J connectivity index is 1.74. The Morgan fingerprint density at radius 2 is 1.93 bits per heavy atom. The molecule has 3 rings (SSSR count). The first kappa shape index (κ1) is 19.3. The van der Waals surface area contributed by atoms with Crippen LogP contribution < -0.4 is 10.6 Å². The highest BCUT2D eigenvalue weighted by Gasteiger charge is 2.26. The summed E-state index contributed by atoms with van der Waals surface area (Å²) in [4.78, 5) is 25.3. The molecule has 2 heterocycles. The van der Waals surface area contributed by atoms with Gasteiger partial charge in [-0.1, -0.05) is 32.0 Å². The summed E-state index contributed by atoms with van der Waals surface area (Å²) in [7, 11) is 0. The molecule has 0 saturated heterocycles. The van der Waals surface area contributed by atoms with Gasteiger partial charge in [0.2, 0.25) is 12.7 Å². The van der Waals surface area contributed by atoms with Crippen molar-refractivity contribution >= 4 is 22.8 Å². The number of hydrogen-bond acceptors (Lipinski definition) is 6. The van der Waals surface area contributed by atoms with Crippen molar-refractivity contribution in [3.8, 4) is 0 Å². The van der Waals surface area contributed by atoms with Crippen molar-refractivity contribution in [1.82, 2.24) is 10.6 Å². The summed E-state index contributed by atoms with van der Waals surface area (Å²) in [5, 5.41) is 15.9. The van der Waals surface area contributed by atoms with Crippen LogP contribution >= 0.6 is 0 Å². The van der Waals surface area contributed by atoms with Crippen LogP contribution in [0.4, 0.5) is 0 Å². The topological polar surface area (TPSA) is 110 Å². The third-order valence-electron chi connectivity index (χ3n) is 4.04. The van der Waals surface area contributed by atoms with E-state index in [2.05, 4.69) is 10.6 Å². The number of amides is 2. The molecule has 0 radical (unpaired) electrons. The van der Waals surface area contributed by atoms with Gasteiger partial charge in [0.1, 0.15) is 29.8 Å². The second kappa shape index (κ2) is 8.51. The number of fused-ring (bicyclic) bond motifs is 1. The molecule has 1 aromatic heterocycles. The van der Waals surface area contributed by atoms with Gasteiger partial charge in [0.15, 0.2) is 11.5 Å². The van der Waals surface area contributed by atoms with Crippen LogP contribution in [0.25, 0.3) is 11.0 Å². The Labute approximate surface area is 161 Å². The molecule has 0 bridgehead atoms. The zero-order chi connectivity index (χ0) is 20.1. The number of nitrogens with one attached hydrogen (secondary N) is 2. The molecule has 2 amide bonds. The molecule has 148 valence electrons. The van der Waals surface area contributed by atoms with Crippen molar-refractivity contribution in [2.24, 2.45) is 5.92 Å². The number of para-hydroxylation sites is 1. The molecular formula is C20H22N2O6. The van der Waals surface area contributed by atoms with Gasteiger partial charge in [-0.25, -0.2) is 0 Å². The predicted molar refractivity (Wildman–Crippen MR) is 101 cm³/mol. The van der Waals surface area contributed by atoms with Gasteiger partial charge in [-0.05, 0) is 24.5 Å². The van der Waals surface area contributed by atoms with Gasteiger partial charge in [0.25, 0.3) is 5.91 Å². The van der Waals surface area contributed by atoms with Gasteiger partial charge in [-0.2, -0.15) is 0 Å². The van der Waals surface area contributed by atoms with Crippen LogP contribution in [0.1, 0.15) is 30.8 Å². The van der Waals surface area contributed by atoms with E-state index in [1.807, 2.05) is 32.0 Å². The summed E-state index contributed by atoms with van der Waals surface area (Å²) >= 11 is 0. The van der Waals surface area contributed by atoms with E-state index in [1.165, 1.54) is 6.26 Å². The van der Waals surface area contributed by atoms with Crippen LogP contribution in [0, 0.1) is 5.92 Å². The lowest BCUT2D eigenvalue weighted by Gasteiger charge is -2.20. The summed E-state index contributed by atoms with van der Waals surface area (Å²) in [5.74, 6) is -1.01. The molecule has 0 unspecified atom stereocenters. The number of rotatable bonds is 6. The minimum atomic E-state index is -0.835. The number of carbonyl (C=O) groups is 2. The lowest BCUT2D eigenvalue weighted by atomic mass is 10.0. The molecule has 1 aromatic carbocycles. The fourth-order valence-electron chi connectivity index (χ4n) is 2.73. The number of carbonyl (C=O) groups excluding carboxylic acids is 2. The first-order valence-corrected chi connectivity index (χ1v) is 8.87. The summed E-state index contributed by atoms with van der Waals surface area (Å²) in [6.07, 6.45) is 2.65. The van der Waals surface area contributed by atoms with E-state index in [0.29, 0.717) is 12.0 Å². The Bertz CT molecular complexity index is 895. The van der Waals surface area contributed by atoms with Crippen LogP contribution in [-0.4, -0.2) is 29.8 Å². The van der Waals surface area contributed by atoms with Crippen LogP contribution in [0.15, 0.2) is 58.7 Å². The maximum absolute atomic E-state index is 12.7. The van der Waals surface area contributed by atoms with Gasteiger partial charge in [-0.15, -0.1) is 0 Å². The van der Waals surface area contributed by atoms with Gasteiger partial charge >= 0.3 is 0 Å². The molecular weight excluding hydrogens is 364 g/mol. The number of benzene rings is 1. The summed E-state index contributed by atoms with van der Waals surface area (Å²) in [6, 6.07) is 8.06. The van der Waals surface area contributed by atoms with Crippen molar-refractivity contribution in [1.29, 1.82) is 0 Å². The minimum absolute atomic E-state index is 0.0502. The summed E-state index contributed by atoms with van der Waals surface area (Å²) in [5.41, 5.74) is 0.641. The van der Waals surface area contributed by atoms with Crippen molar-refractivity contribution in [3.63, 3.8) is 0 Å². The summed E-state index contributed by atoms with van der Waals surface area (Å²) < 4.78 is 15.4. The maximum atomic E-state index is 12.7. The Kier molecular flexibility index (Phi) is 5.88. The highest BCUT2D eigenvalue weighted by Crippen LogP contribution is 2.19. The Morgan fingerprint density at radius 3 is 2.68 bits per heavy atom. The van der Waals surface area contributed by atoms with Crippen LogP contribution in [0.5, 0.6) is 0 Å². The number of ether oxygens (including phenoxy) is 2. The number of hydrogen-bond donors (Lipinski definition) is 3. The second-order valence-corrected chi connectivity index (χ2v) is 6.78. The standard InChI is InChI=1S/C20H22N2O6/c1-12(2)7-14(19(24)22-15-9-26-11-27-10-16(15)23)21-20(25)18-8-13-5-3-4-6-17(13)28-18/h3-6,8-10,12,14,23H,7,11H2,1-2H3,(H,21,25)(H,22,24)/t14-/m0/s1. The molecule has 2 aromatic rings. The lowest BCUT2D eigenvalue weighted by Crippen LogP contribution is -2.47. The summed E-state index contributed by atoms with van der Waals surface area (Å²) in [6.45, 7) is 3.79. The first-order valence-electron chi connectivity index (χ1n) is 8.87. The fraction of sp³-hybridized carbons (Fsp3) is 0.300. The Hall–Kier alpha value is -3.42. The Morgan fingerprint density at radius 1 is 1.18 bits per heavy atom. The van der Waals surface area contributed by atoms with Crippen molar-refractivity contribution in [3.05, 3.63) is 60.1 Å². The fourth-order valence-corrected chi connectivity index (χ4v) is 2.73. The number of aliphatic hydroxyl groups is 1. The predicted octanol–water partition coefficient (Wildman–Crippen LogP) is 2.94. The highest BCUT2D eigenvalue weighted by molar-refractivity contribution is 5.98. The van der Waals surface area contributed by atoms with E-state index in [9.17, 15) is 14.7 Å². The van der Waals surface area contributed by atoms with Crippen LogP contribution in [0.2, 0.25) is 0 Å². The molecule has 28 heavy (non-hydrogen) atoms. The average molecular weight is 386 g/mol. The molecule has 8 nitrogen and oxygen atoms in total. The molecule has 0 fully saturated rings. The van der Waals surface area contributed by atoms with Crippen molar-refractivity contribution in [2.45, 2.75) is 26.3 Å². The zero-order valence-corrected chi connectivity index (χ0v) is 15.6. The first-order chi connectivity index (χ1) is 13.4. The SMILES string of the molecule is CC(C)C[C@H](NC(=O)c1cc2ccccc2o1)C(=O)NC1=COCOC=C1O. The largest absolute Gasteiger partial charge is 0.503 e. The highest BCUT2D eigenvalue weighted by atomic mass is 16.7.